The Hall–Kier alpha value is -5.44. The van der Waals surface area contributed by atoms with Gasteiger partial charge in [0.1, 0.15) is 0 Å². The maximum atomic E-state index is 2.54. The summed E-state index contributed by atoms with van der Waals surface area (Å²) in [5.74, 6) is 0. The predicted molar refractivity (Wildman–Crippen MR) is 221 cm³/mol. The van der Waals surface area contributed by atoms with Gasteiger partial charge in [0.25, 0.3) is 0 Å². The molecule has 0 bridgehead atoms. The molecule has 3 aliphatic carbocycles. The minimum Gasteiger partial charge on any atom is -0.310 e. The van der Waals surface area contributed by atoms with Crippen LogP contribution in [0.2, 0.25) is 0 Å². The van der Waals surface area contributed by atoms with Crippen LogP contribution in [0, 0.1) is 0 Å². The Morgan fingerprint density at radius 1 is 0.423 bits per heavy atom. The second kappa shape index (κ2) is 10.3. The van der Waals surface area contributed by atoms with Crippen molar-refractivity contribution in [3.05, 3.63) is 185 Å². The number of fused-ring (bicyclic) bond motifs is 13. The fourth-order valence-corrected chi connectivity index (χ4v) is 11.5. The molecule has 1 spiro atoms. The molecular formula is C50H39NS. The molecule has 11 rings (SSSR count). The van der Waals surface area contributed by atoms with Crippen molar-refractivity contribution in [3.8, 4) is 22.3 Å². The summed E-state index contributed by atoms with van der Waals surface area (Å²) in [6, 6.07) is 57.7. The van der Waals surface area contributed by atoms with Gasteiger partial charge in [0.15, 0.2) is 0 Å². The second-order valence-corrected chi connectivity index (χ2v) is 17.4. The zero-order valence-electron chi connectivity index (χ0n) is 30.0. The van der Waals surface area contributed by atoms with E-state index in [-0.39, 0.29) is 16.2 Å². The van der Waals surface area contributed by atoms with Crippen molar-refractivity contribution in [3.63, 3.8) is 0 Å². The number of rotatable bonds is 3. The summed E-state index contributed by atoms with van der Waals surface area (Å²) in [6.45, 7) is 9.63. The Kier molecular flexibility index (Phi) is 6.00. The fraction of sp³-hybridized carbons (Fsp3) is 0.160. The monoisotopic (exact) mass is 685 g/mol. The molecule has 0 radical (unpaired) electrons. The lowest BCUT2D eigenvalue weighted by molar-refractivity contribution is 0.449. The van der Waals surface area contributed by atoms with Crippen LogP contribution in [0.5, 0.6) is 0 Å². The molecule has 1 aromatic heterocycles. The van der Waals surface area contributed by atoms with E-state index < -0.39 is 0 Å². The average molecular weight is 686 g/mol. The maximum Gasteiger partial charge on any atom is 0.0475 e. The molecule has 0 saturated carbocycles. The summed E-state index contributed by atoms with van der Waals surface area (Å²) in [5, 5.41) is 2.64. The number of benzene rings is 7. The topological polar surface area (TPSA) is 3.24 Å². The standard InChI is InChI=1S/C50H39NS/c1-48(2)30-50(43-19-11-10-18-42(43)48)41-17-9-6-14-35(41)37-25-22-33(29-45(37)50)51(31-23-26-47-39(27-31)38-15-7-12-20-46(38)52-47)32-21-24-36-34-13-5-8-16-40(34)49(3,4)44(36)28-32/h5-29H,30H2,1-4H3. The van der Waals surface area contributed by atoms with E-state index in [0.717, 1.165) is 6.42 Å². The van der Waals surface area contributed by atoms with Gasteiger partial charge in [-0.15, -0.1) is 11.3 Å². The molecule has 0 fully saturated rings. The average Bonchev–Trinajstić information content (AvgIpc) is 3.83. The zero-order chi connectivity index (χ0) is 35.0. The van der Waals surface area contributed by atoms with Gasteiger partial charge in [-0.2, -0.15) is 0 Å². The Morgan fingerprint density at radius 3 is 1.71 bits per heavy atom. The Labute approximate surface area is 309 Å². The van der Waals surface area contributed by atoms with Gasteiger partial charge in [0.05, 0.1) is 0 Å². The van der Waals surface area contributed by atoms with E-state index in [0.29, 0.717) is 0 Å². The van der Waals surface area contributed by atoms with Gasteiger partial charge in [-0.1, -0.05) is 131 Å². The maximum absolute atomic E-state index is 2.54. The summed E-state index contributed by atoms with van der Waals surface area (Å²) in [4.78, 5) is 2.52. The number of hydrogen-bond acceptors (Lipinski definition) is 2. The molecular weight excluding hydrogens is 647 g/mol. The van der Waals surface area contributed by atoms with Gasteiger partial charge in [-0.05, 0) is 116 Å². The summed E-state index contributed by atoms with van der Waals surface area (Å²) in [6.07, 6.45) is 1.05. The van der Waals surface area contributed by atoms with Crippen LogP contribution in [-0.4, -0.2) is 0 Å². The summed E-state index contributed by atoms with van der Waals surface area (Å²) >= 11 is 1.88. The third-order valence-corrected chi connectivity index (χ3v) is 13.8. The van der Waals surface area contributed by atoms with Crippen molar-refractivity contribution in [1.82, 2.24) is 0 Å². The van der Waals surface area contributed by atoms with Gasteiger partial charge < -0.3 is 4.90 Å². The van der Waals surface area contributed by atoms with Crippen molar-refractivity contribution < 1.29 is 0 Å². The van der Waals surface area contributed by atoms with Gasteiger partial charge in [0, 0.05) is 48.1 Å². The van der Waals surface area contributed by atoms with Crippen molar-refractivity contribution >= 4 is 48.6 Å². The molecule has 1 heterocycles. The first-order valence-corrected chi connectivity index (χ1v) is 19.4. The van der Waals surface area contributed by atoms with Crippen molar-refractivity contribution in [2.24, 2.45) is 0 Å². The van der Waals surface area contributed by atoms with Crippen LogP contribution in [0.15, 0.2) is 152 Å². The molecule has 1 atom stereocenters. The van der Waals surface area contributed by atoms with Gasteiger partial charge in [-0.3, -0.25) is 0 Å². The first kappa shape index (κ1) is 30.2. The quantitative estimate of drug-likeness (QED) is 0.179. The Morgan fingerprint density at radius 2 is 0.942 bits per heavy atom. The van der Waals surface area contributed by atoms with Crippen LogP contribution in [0.4, 0.5) is 17.1 Å². The highest BCUT2D eigenvalue weighted by molar-refractivity contribution is 7.25. The molecule has 8 aromatic rings. The lowest BCUT2D eigenvalue weighted by Gasteiger charge is -2.32. The van der Waals surface area contributed by atoms with Crippen LogP contribution < -0.4 is 4.90 Å². The molecule has 0 saturated heterocycles. The van der Waals surface area contributed by atoms with Gasteiger partial charge in [-0.25, -0.2) is 0 Å². The molecule has 250 valence electrons. The first-order chi connectivity index (χ1) is 25.3. The highest BCUT2D eigenvalue weighted by atomic mass is 32.1. The third-order valence-electron chi connectivity index (χ3n) is 12.7. The molecule has 1 unspecified atom stereocenters. The number of nitrogens with zero attached hydrogens (tertiary/aromatic N) is 1. The summed E-state index contributed by atoms with van der Waals surface area (Å²) in [7, 11) is 0. The SMILES string of the molecule is CC1(C)CC2(c3ccccc3-c3ccc(N(c4ccc5c(c4)C(C)(C)c4ccccc4-5)c4ccc5sc6ccccc6c5c4)cc32)c2ccccc21. The minimum atomic E-state index is -0.206. The molecule has 2 heteroatoms. The molecule has 0 N–H and O–H groups in total. The fourth-order valence-electron chi connectivity index (χ4n) is 10.4. The van der Waals surface area contributed by atoms with Crippen molar-refractivity contribution in [2.45, 2.75) is 50.4 Å². The van der Waals surface area contributed by atoms with E-state index >= 15 is 0 Å². The highest BCUT2D eigenvalue weighted by Gasteiger charge is 2.54. The molecule has 3 aliphatic rings. The highest BCUT2D eigenvalue weighted by Crippen LogP contribution is 2.63. The van der Waals surface area contributed by atoms with E-state index in [2.05, 4.69) is 184 Å². The number of anilines is 3. The Bertz CT molecular complexity index is 2800. The lowest BCUT2D eigenvalue weighted by atomic mass is 9.71. The van der Waals surface area contributed by atoms with Gasteiger partial charge >= 0.3 is 0 Å². The predicted octanol–water partition coefficient (Wildman–Crippen LogP) is 13.8. The van der Waals surface area contributed by atoms with E-state index in [1.165, 1.54) is 92.9 Å². The van der Waals surface area contributed by atoms with E-state index in [1.807, 2.05) is 11.3 Å². The molecule has 0 amide bonds. The van der Waals surface area contributed by atoms with Crippen LogP contribution in [0.1, 0.15) is 67.5 Å². The van der Waals surface area contributed by atoms with Crippen LogP contribution in [-0.2, 0) is 16.2 Å². The smallest absolute Gasteiger partial charge is 0.0475 e. The summed E-state index contributed by atoms with van der Waals surface area (Å²) in [5.41, 5.74) is 17.3. The molecule has 7 aromatic carbocycles. The summed E-state index contributed by atoms with van der Waals surface area (Å²) < 4.78 is 2.65. The molecule has 52 heavy (non-hydrogen) atoms. The third kappa shape index (κ3) is 3.88. The number of hydrogen-bond donors (Lipinski definition) is 0. The van der Waals surface area contributed by atoms with E-state index in [1.54, 1.807) is 0 Å². The second-order valence-electron chi connectivity index (χ2n) is 16.3. The van der Waals surface area contributed by atoms with Crippen molar-refractivity contribution in [1.29, 1.82) is 0 Å². The molecule has 1 nitrogen and oxygen atoms in total. The van der Waals surface area contributed by atoms with Crippen LogP contribution in [0.3, 0.4) is 0 Å². The zero-order valence-corrected chi connectivity index (χ0v) is 30.8. The van der Waals surface area contributed by atoms with Crippen molar-refractivity contribution in [2.75, 3.05) is 4.90 Å². The van der Waals surface area contributed by atoms with E-state index in [9.17, 15) is 0 Å². The minimum absolute atomic E-state index is 0.0482. The van der Waals surface area contributed by atoms with Crippen LogP contribution in [0.25, 0.3) is 42.4 Å². The Balaban J connectivity index is 1.17. The van der Waals surface area contributed by atoms with Gasteiger partial charge in [0.2, 0.25) is 0 Å². The first-order valence-electron chi connectivity index (χ1n) is 18.6. The largest absolute Gasteiger partial charge is 0.310 e. The lowest BCUT2D eigenvalue weighted by Crippen LogP contribution is -2.26. The van der Waals surface area contributed by atoms with E-state index in [4.69, 9.17) is 0 Å². The molecule has 0 aliphatic heterocycles. The number of thiophene rings is 1. The van der Waals surface area contributed by atoms with Crippen LogP contribution >= 0.6 is 11.3 Å². The normalized spacial score (nSPS) is 18.3.